The third-order valence-electron chi connectivity index (χ3n) is 2.71. The van der Waals surface area contributed by atoms with E-state index < -0.39 is 0 Å². The summed E-state index contributed by atoms with van der Waals surface area (Å²) < 4.78 is 0. The van der Waals surface area contributed by atoms with Crippen LogP contribution in [0.3, 0.4) is 0 Å². The Morgan fingerprint density at radius 2 is 2.00 bits per heavy atom. The second-order valence-corrected chi connectivity index (χ2v) is 3.76. The highest BCUT2D eigenvalue weighted by atomic mass is 14.7. The van der Waals surface area contributed by atoms with Crippen LogP contribution in [-0.2, 0) is 0 Å². The maximum Gasteiger partial charge on any atom is 0.0390 e. The Kier molecular flexibility index (Phi) is 4.81. The molecule has 1 nitrogen and oxygen atoms in total. The molecule has 0 saturated heterocycles. The van der Waals surface area contributed by atoms with Gasteiger partial charge in [-0.05, 0) is 26.2 Å². The van der Waals surface area contributed by atoms with Crippen LogP contribution in [0.15, 0.2) is 16.8 Å². The lowest BCUT2D eigenvalue weighted by molar-refractivity contribution is 0.400. The largest absolute Gasteiger partial charge is 0.266 e. The maximum atomic E-state index is 4.47. The lowest BCUT2D eigenvalue weighted by Gasteiger charge is -2.21. The smallest absolute Gasteiger partial charge is 0.0390 e. The summed E-state index contributed by atoms with van der Waals surface area (Å²) in [5.74, 6) is 0.755. The van der Waals surface area contributed by atoms with Crippen molar-refractivity contribution in [3.8, 4) is 0 Å². The zero-order valence-corrected chi connectivity index (χ0v) is 8.92. The standard InChI is InChI=1S/C12H21N/c1-3-8-12(13-4-2)11-9-6-5-7-10-11/h4,8,11H,3,5-7,9-10H2,1-2H3/b12-8-,13-4?. The van der Waals surface area contributed by atoms with Gasteiger partial charge in [0.05, 0.1) is 0 Å². The van der Waals surface area contributed by atoms with Gasteiger partial charge in [-0.25, -0.2) is 0 Å². The first-order chi connectivity index (χ1) is 6.38. The second kappa shape index (κ2) is 5.95. The molecule has 1 saturated carbocycles. The fourth-order valence-corrected chi connectivity index (χ4v) is 2.08. The van der Waals surface area contributed by atoms with E-state index >= 15 is 0 Å². The van der Waals surface area contributed by atoms with Gasteiger partial charge in [-0.2, -0.15) is 0 Å². The zero-order valence-electron chi connectivity index (χ0n) is 8.92. The molecule has 0 spiro atoms. The highest BCUT2D eigenvalue weighted by Crippen LogP contribution is 2.30. The van der Waals surface area contributed by atoms with Crippen molar-refractivity contribution in [1.29, 1.82) is 0 Å². The Hall–Kier alpha value is -0.590. The summed E-state index contributed by atoms with van der Waals surface area (Å²) in [6.07, 6.45) is 12.2. The van der Waals surface area contributed by atoms with Crippen LogP contribution in [0.4, 0.5) is 0 Å². The summed E-state index contributed by atoms with van der Waals surface area (Å²) in [5, 5.41) is 0. The van der Waals surface area contributed by atoms with Crippen molar-refractivity contribution in [2.75, 3.05) is 0 Å². The van der Waals surface area contributed by atoms with Crippen molar-refractivity contribution < 1.29 is 0 Å². The molecule has 13 heavy (non-hydrogen) atoms. The monoisotopic (exact) mass is 179 g/mol. The molecule has 0 aromatic carbocycles. The minimum atomic E-state index is 0.755. The van der Waals surface area contributed by atoms with E-state index in [2.05, 4.69) is 18.0 Å². The highest BCUT2D eigenvalue weighted by Gasteiger charge is 2.16. The minimum absolute atomic E-state index is 0.755. The van der Waals surface area contributed by atoms with Gasteiger partial charge in [-0.1, -0.05) is 32.3 Å². The quantitative estimate of drug-likeness (QED) is 0.582. The molecule has 1 aliphatic rings. The van der Waals surface area contributed by atoms with Crippen molar-refractivity contribution in [3.05, 3.63) is 11.8 Å². The molecule has 1 aliphatic carbocycles. The first kappa shape index (κ1) is 10.5. The van der Waals surface area contributed by atoms with Crippen LogP contribution in [0.1, 0.15) is 52.4 Å². The molecule has 0 radical (unpaired) electrons. The molecular formula is C12H21N. The minimum Gasteiger partial charge on any atom is -0.266 e. The van der Waals surface area contributed by atoms with Gasteiger partial charge in [0.25, 0.3) is 0 Å². The zero-order chi connectivity index (χ0) is 9.52. The van der Waals surface area contributed by atoms with E-state index in [0.29, 0.717) is 0 Å². The average molecular weight is 179 g/mol. The molecule has 74 valence electrons. The number of hydrogen-bond donors (Lipinski definition) is 0. The molecule has 0 heterocycles. The van der Waals surface area contributed by atoms with Crippen LogP contribution in [0.2, 0.25) is 0 Å². The van der Waals surface area contributed by atoms with Gasteiger partial charge in [0.15, 0.2) is 0 Å². The van der Waals surface area contributed by atoms with Crippen molar-refractivity contribution in [2.24, 2.45) is 10.9 Å². The van der Waals surface area contributed by atoms with E-state index in [1.54, 1.807) is 0 Å². The van der Waals surface area contributed by atoms with Gasteiger partial charge < -0.3 is 0 Å². The topological polar surface area (TPSA) is 12.4 Å². The molecule has 1 rings (SSSR count). The van der Waals surface area contributed by atoms with Crippen molar-refractivity contribution in [2.45, 2.75) is 52.4 Å². The number of nitrogens with zero attached hydrogens (tertiary/aromatic N) is 1. The van der Waals surface area contributed by atoms with Gasteiger partial charge in [-0.15, -0.1) is 0 Å². The van der Waals surface area contributed by atoms with Crippen molar-refractivity contribution >= 4 is 6.21 Å². The Bertz CT molecular complexity index is 185. The van der Waals surface area contributed by atoms with Gasteiger partial charge in [0.2, 0.25) is 0 Å². The molecule has 1 heteroatoms. The molecule has 1 fully saturated rings. The van der Waals surface area contributed by atoms with Crippen LogP contribution in [-0.4, -0.2) is 6.21 Å². The Morgan fingerprint density at radius 1 is 1.31 bits per heavy atom. The summed E-state index contributed by atoms with van der Waals surface area (Å²) in [5.41, 5.74) is 1.34. The molecule has 0 bridgehead atoms. The maximum absolute atomic E-state index is 4.47. The number of rotatable bonds is 3. The Balaban J connectivity index is 2.57. The number of hydrogen-bond acceptors (Lipinski definition) is 1. The Morgan fingerprint density at radius 3 is 2.54 bits per heavy atom. The fourth-order valence-electron chi connectivity index (χ4n) is 2.08. The summed E-state index contributed by atoms with van der Waals surface area (Å²) in [6, 6.07) is 0. The Labute approximate surface area is 82.0 Å². The molecule has 0 aromatic heterocycles. The average Bonchev–Trinajstić information content (AvgIpc) is 2.19. The van der Waals surface area contributed by atoms with E-state index in [1.165, 1.54) is 37.8 Å². The van der Waals surface area contributed by atoms with Gasteiger partial charge >= 0.3 is 0 Å². The second-order valence-electron chi connectivity index (χ2n) is 3.76. The van der Waals surface area contributed by atoms with Crippen molar-refractivity contribution in [3.63, 3.8) is 0 Å². The molecule has 0 amide bonds. The first-order valence-electron chi connectivity index (χ1n) is 5.57. The third kappa shape index (κ3) is 3.33. The molecule has 0 aliphatic heterocycles. The number of aliphatic imine (C=N–C) groups is 1. The molecule has 0 unspecified atom stereocenters. The van der Waals surface area contributed by atoms with Gasteiger partial charge in [0.1, 0.15) is 0 Å². The fraction of sp³-hybridized carbons (Fsp3) is 0.750. The van der Waals surface area contributed by atoms with E-state index in [4.69, 9.17) is 0 Å². The van der Waals surface area contributed by atoms with Crippen LogP contribution in [0.25, 0.3) is 0 Å². The van der Waals surface area contributed by atoms with Gasteiger partial charge in [-0.3, -0.25) is 4.99 Å². The molecule has 0 atom stereocenters. The lowest BCUT2D eigenvalue weighted by atomic mass is 9.86. The molecule has 0 aromatic rings. The van der Waals surface area contributed by atoms with Gasteiger partial charge in [0, 0.05) is 17.8 Å². The highest BCUT2D eigenvalue weighted by molar-refractivity contribution is 5.55. The lowest BCUT2D eigenvalue weighted by Crippen LogP contribution is -2.08. The normalized spacial score (nSPS) is 21.2. The van der Waals surface area contributed by atoms with Crippen LogP contribution < -0.4 is 0 Å². The number of allylic oxidation sites excluding steroid dienone is 2. The van der Waals surface area contributed by atoms with E-state index in [-0.39, 0.29) is 0 Å². The molecular weight excluding hydrogens is 158 g/mol. The van der Waals surface area contributed by atoms with Crippen LogP contribution in [0.5, 0.6) is 0 Å². The van der Waals surface area contributed by atoms with E-state index in [0.717, 1.165) is 12.3 Å². The summed E-state index contributed by atoms with van der Waals surface area (Å²) in [7, 11) is 0. The molecule has 0 N–H and O–H groups in total. The predicted molar refractivity (Wildman–Crippen MR) is 59.1 cm³/mol. The van der Waals surface area contributed by atoms with Crippen LogP contribution >= 0.6 is 0 Å². The van der Waals surface area contributed by atoms with E-state index in [9.17, 15) is 0 Å². The van der Waals surface area contributed by atoms with Crippen molar-refractivity contribution in [1.82, 2.24) is 0 Å². The summed E-state index contributed by atoms with van der Waals surface area (Å²) >= 11 is 0. The third-order valence-corrected chi connectivity index (χ3v) is 2.71. The summed E-state index contributed by atoms with van der Waals surface area (Å²) in [6.45, 7) is 4.19. The summed E-state index contributed by atoms with van der Waals surface area (Å²) in [4.78, 5) is 4.47. The SMILES string of the molecule is CC=N/C(=C\CC)C1CCCCC1. The van der Waals surface area contributed by atoms with E-state index in [1.807, 2.05) is 13.1 Å². The predicted octanol–water partition coefficient (Wildman–Crippen LogP) is 3.95. The first-order valence-corrected chi connectivity index (χ1v) is 5.57. The van der Waals surface area contributed by atoms with Crippen LogP contribution in [0, 0.1) is 5.92 Å².